The SMILES string of the molecule is CC(C)(C)[Si](C)(C)OC[C@@H]([C@@H](O)CC1CO1)N(Cc1ccccc1)C(=O)OCc1ccccc1. The zero-order valence-corrected chi connectivity index (χ0v) is 22.1. The fraction of sp³-hybridized carbons (Fsp3) is 0.519. The highest BCUT2D eigenvalue weighted by atomic mass is 28.4. The zero-order valence-electron chi connectivity index (χ0n) is 21.1. The average Bonchev–Trinajstić information content (AvgIpc) is 3.61. The monoisotopic (exact) mass is 485 g/mol. The number of hydrogen-bond acceptors (Lipinski definition) is 5. The standard InChI is InChI=1S/C27H39NO5Si/c1-27(2,3)34(4,5)33-20-24(25(29)16-23-19-31-23)28(17-21-12-8-6-9-13-21)26(30)32-18-22-14-10-7-11-15-22/h6-15,23-25,29H,16-20H2,1-5H3/t23?,24-,25-/m0/s1. The van der Waals surface area contributed by atoms with Crippen LogP contribution in [0.1, 0.15) is 38.3 Å². The third-order valence-corrected chi connectivity index (χ3v) is 11.3. The van der Waals surface area contributed by atoms with Gasteiger partial charge in [0.25, 0.3) is 0 Å². The Hall–Kier alpha value is -2.19. The van der Waals surface area contributed by atoms with Crippen LogP contribution in [0.5, 0.6) is 0 Å². The summed E-state index contributed by atoms with van der Waals surface area (Å²) >= 11 is 0. The van der Waals surface area contributed by atoms with Gasteiger partial charge in [0.2, 0.25) is 0 Å². The van der Waals surface area contributed by atoms with Crippen LogP contribution in [0.25, 0.3) is 0 Å². The normalized spacial score (nSPS) is 17.6. The Morgan fingerprint density at radius 1 is 1.09 bits per heavy atom. The summed E-state index contributed by atoms with van der Waals surface area (Å²) in [6.07, 6.45) is -0.759. The molecule has 1 heterocycles. The minimum Gasteiger partial charge on any atom is -0.445 e. The van der Waals surface area contributed by atoms with Gasteiger partial charge >= 0.3 is 6.09 Å². The quantitative estimate of drug-likeness (QED) is 0.342. The molecule has 0 aromatic heterocycles. The Kier molecular flexibility index (Phi) is 8.93. The van der Waals surface area contributed by atoms with E-state index in [4.69, 9.17) is 13.9 Å². The third kappa shape index (κ3) is 7.66. The number of rotatable bonds is 11. The van der Waals surface area contributed by atoms with Gasteiger partial charge in [-0.1, -0.05) is 81.4 Å². The summed E-state index contributed by atoms with van der Waals surface area (Å²) in [7, 11) is -2.10. The van der Waals surface area contributed by atoms with E-state index in [1.54, 1.807) is 4.90 Å². The van der Waals surface area contributed by atoms with Gasteiger partial charge in [0, 0.05) is 13.0 Å². The van der Waals surface area contributed by atoms with Gasteiger partial charge in [-0.15, -0.1) is 0 Å². The molecule has 6 nitrogen and oxygen atoms in total. The summed E-state index contributed by atoms with van der Waals surface area (Å²) in [6, 6.07) is 18.8. The predicted molar refractivity (Wildman–Crippen MR) is 136 cm³/mol. The van der Waals surface area contributed by atoms with Gasteiger partial charge in [-0.05, 0) is 29.3 Å². The number of epoxide rings is 1. The lowest BCUT2D eigenvalue weighted by Crippen LogP contribution is -2.52. The molecular weight excluding hydrogens is 446 g/mol. The first kappa shape index (κ1) is 26.4. The van der Waals surface area contributed by atoms with E-state index in [-0.39, 0.29) is 24.4 Å². The van der Waals surface area contributed by atoms with E-state index in [1.807, 2.05) is 60.7 Å². The van der Waals surface area contributed by atoms with E-state index >= 15 is 0 Å². The van der Waals surface area contributed by atoms with Gasteiger partial charge in [0.05, 0.1) is 31.5 Å². The maximum Gasteiger partial charge on any atom is 0.410 e. The lowest BCUT2D eigenvalue weighted by molar-refractivity contribution is 0.000566. The summed E-state index contributed by atoms with van der Waals surface area (Å²) in [5.74, 6) is 0. The molecule has 0 saturated carbocycles. The third-order valence-electron chi connectivity index (χ3n) is 6.81. The molecule has 1 amide bonds. The Bertz CT molecular complexity index is 896. The van der Waals surface area contributed by atoms with E-state index in [1.165, 1.54) is 0 Å². The van der Waals surface area contributed by atoms with Gasteiger partial charge in [-0.2, -0.15) is 0 Å². The Morgan fingerprint density at radius 3 is 2.18 bits per heavy atom. The fourth-order valence-electron chi connectivity index (χ4n) is 3.45. The largest absolute Gasteiger partial charge is 0.445 e. The Balaban J connectivity index is 1.83. The summed E-state index contributed by atoms with van der Waals surface area (Å²) in [6.45, 7) is 12.3. The molecule has 0 aliphatic carbocycles. The first-order valence-corrected chi connectivity index (χ1v) is 14.9. The van der Waals surface area contributed by atoms with Crippen molar-refractivity contribution in [2.24, 2.45) is 0 Å². The highest BCUT2D eigenvalue weighted by molar-refractivity contribution is 6.74. The van der Waals surface area contributed by atoms with Crippen molar-refractivity contribution in [3.63, 3.8) is 0 Å². The zero-order chi connectivity index (χ0) is 24.8. The molecule has 0 radical (unpaired) electrons. The van der Waals surface area contributed by atoms with Crippen LogP contribution < -0.4 is 0 Å². The van der Waals surface area contributed by atoms with Crippen molar-refractivity contribution < 1.29 is 23.8 Å². The van der Waals surface area contributed by atoms with E-state index < -0.39 is 26.6 Å². The average molecular weight is 486 g/mol. The molecule has 2 aromatic rings. The molecule has 34 heavy (non-hydrogen) atoms. The second-order valence-electron chi connectivity index (χ2n) is 10.6. The molecule has 3 atom stereocenters. The fourth-order valence-corrected chi connectivity index (χ4v) is 4.47. The van der Waals surface area contributed by atoms with E-state index in [0.717, 1.165) is 11.1 Å². The highest BCUT2D eigenvalue weighted by Crippen LogP contribution is 2.37. The van der Waals surface area contributed by atoms with Crippen LogP contribution in [0, 0.1) is 0 Å². The van der Waals surface area contributed by atoms with Crippen LogP contribution in [0.2, 0.25) is 18.1 Å². The smallest absolute Gasteiger partial charge is 0.410 e. The number of carbonyl (C=O) groups excluding carboxylic acids is 1. The second-order valence-corrected chi connectivity index (χ2v) is 15.4. The van der Waals surface area contributed by atoms with Crippen molar-refractivity contribution in [2.75, 3.05) is 13.2 Å². The minimum absolute atomic E-state index is 0.0141. The first-order chi connectivity index (χ1) is 16.1. The van der Waals surface area contributed by atoms with Gasteiger partial charge < -0.3 is 19.0 Å². The summed E-state index contributed by atoms with van der Waals surface area (Å²) < 4.78 is 17.6. The first-order valence-electron chi connectivity index (χ1n) is 12.0. The molecule has 0 spiro atoms. The maximum absolute atomic E-state index is 13.4. The van der Waals surface area contributed by atoms with Crippen molar-refractivity contribution in [2.45, 2.75) is 76.7 Å². The number of ether oxygens (including phenoxy) is 2. The highest BCUT2D eigenvalue weighted by Gasteiger charge is 2.41. The number of aliphatic hydroxyl groups excluding tert-OH is 1. The van der Waals surface area contributed by atoms with Gasteiger partial charge in [0.15, 0.2) is 8.32 Å². The second kappa shape index (κ2) is 11.5. The van der Waals surface area contributed by atoms with Crippen molar-refractivity contribution in [1.82, 2.24) is 4.90 Å². The molecule has 1 aliphatic rings. The minimum atomic E-state index is -2.10. The number of benzene rings is 2. The Morgan fingerprint density at radius 2 is 1.65 bits per heavy atom. The maximum atomic E-state index is 13.4. The molecule has 0 bridgehead atoms. The van der Waals surface area contributed by atoms with Gasteiger partial charge in [-0.3, -0.25) is 4.90 Å². The van der Waals surface area contributed by atoms with E-state index in [0.29, 0.717) is 19.6 Å². The van der Waals surface area contributed by atoms with Crippen LogP contribution in [-0.4, -0.2) is 55.9 Å². The molecular formula is C27H39NO5Si. The molecule has 1 N–H and O–H groups in total. The molecule has 1 fully saturated rings. The number of nitrogens with zero attached hydrogens (tertiary/aromatic N) is 1. The van der Waals surface area contributed by atoms with Crippen molar-refractivity contribution in [3.05, 3.63) is 71.8 Å². The van der Waals surface area contributed by atoms with Crippen LogP contribution in [0.4, 0.5) is 4.79 Å². The van der Waals surface area contributed by atoms with Crippen molar-refractivity contribution >= 4 is 14.4 Å². The van der Waals surface area contributed by atoms with Crippen LogP contribution in [0.3, 0.4) is 0 Å². The number of amides is 1. The molecule has 186 valence electrons. The lowest BCUT2D eigenvalue weighted by Gasteiger charge is -2.40. The summed E-state index contributed by atoms with van der Waals surface area (Å²) in [5, 5.41) is 11.2. The topological polar surface area (TPSA) is 71.5 Å². The molecule has 1 aliphatic heterocycles. The van der Waals surface area contributed by atoms with Crippen molar-refractivity contribution in [1.29, 1.82) is 0 Å². The van der Waals surface area contributed by atoms with Crippen LogP contribution in [-0.2, 0) is 27.1 Å². The Labute approximate surface area is 205 Å². The van der Waals surface area contributed by atoms with Gasteiger partial charge in [-0.25, -0.2) is 4.79 Å². The van der Waals surface area contributed by atoms with E-state index in [2.05, 4.69) is 33.9 Å². The van der Waals surface area contributed by atoms with E-state index in [9.17, 15) is 9.90 Å². The number of aliphatic hydroxyl groups is 1. The van der Waals surface area contributed by atoms with Crippen molar-refractivity contribution in [3.8, 4) is 0 Å². The summed E-state index contributed by atoms with van der Waals surface area (Å²) in [5.41, 5.74) is 1.88. The van der Waals surface area contributed by atoms with Crippen LogP contribution in [0.15, 0.2) is 60.7 Å². The number of carbonyl (C=O) groups is 1. The van der Waals surface area contributed by atoms with Gasteiger partial charge in [0.1, 0.15) is 6.61 Å². The lowest BCUT2D eigenvalue weighted by atomic mass is 10.0. The number of hydrogen-bond donors (Lipinski definition) is 1. The van der Waals surface area contributed by atoms with Crippen LogP contribution >= 0.6 is 0 Å². The molecule has 7 heteroatoms. The predicted octanol–water partition coefficient (Wildman–Crippen LogP) is 5.37. The molecule has 2 aromatic carbocycles. The summed E-state index contributed by atoms with van der Waals surface area (Å²) in [4.78, 5) is 15.0. The molecule has 3 rings (SSSR count). The molecule has 1 saturated heterocycles. The molecule has 1 unspecified atom stereocenters.